The first-order valence-electron chi connectivity index (χ1n) is 4.94. The topological polar surface area (TPSA) is 59.1 Å². The third-order valence-corrected chi connectivity index (χ3v) is 2.21. The number of benzene rings is 1. The lowest BCUT2D eigenvalue weighted by atomic mass is 10.2. The Morgan fingerprint density at radius 1 is 1.35 bits per heavy atom. The molecule has 0 bridgehead atoms. The zero-order valence-corrected chi connectivity index (χ0v) is 9.21. The van der Waals surface area contributed by atoms with Gasteiger partial charge in [0, 0.05) is 5.92 Å². The molecule has 94 valence electrons. The van der Waals surface area contributed by atoms with Crippen LogP contribution in [0.15, 0.2) is 24.3 Å². The first-order chi connectivity index (χ1) is 7.80. The van der Waals surface area contributed by atoms with Gasteiger partial charge in [0.25, 0.3) is 0 Å². The van der Waals surface area contributed by atoms with Gasteiger partial charge in [-0.15, -0.1) is 0 Å². The summed E-state index contributed by atoms with van der Waals surface area (Å²) in [5.41, 5.74) is 4.52. The summed E-state index contributed by atoms with van der Waals surface area (Å²) in [7, 11) is 0. The second-order valence-electron chi connectivity index (χ2n) is 3.69. The van der Waals surface area contributed by atoms with Crippen molar-refractivity contribution in [2.75, 3.05) is 6.61 Å². The number of amidine groups is 1. The fourth-order valence-corrected chi connectivity index (χ4v) is 1.05. The molecule has 0 amide bonds. The summed E-state index contributed by atoms with van der Waals surface area (Å²) in [4.78, 5) is 0. The fraction of sp³-hybridized carbons (Fsp3) is 0.364. The highest BCUT2D eigenvalue weighted by Crippen LogP contribution is 2.30. The van der Waals surface area contributed by atoms with E-state index < -0.39 is 11.7 Å². The Balaban J connectivity index is 2.60. The molecule has 17 heavy (non-hydrogen) atoms. The summed E-state index contributed by atoms with van der Waals surface area (Å²) < 4.78 is 42.0. The Morgan fingerprint density at radius 3 is 2.29 bits per heavy atom. The van der Waals surface area contributed by atoms with Crippen molar-refractivity contribution >= 4 is 5.84 Å². The van der Waals surface area contributed by atoms with Gasteiger partial charge in [0.15, 0.2) is 0 Å². The third-order valence-electron chi connectivity index (χ3n) is 2.21. The molecule has 1 aromatic carbocycles. The molecule has 0 aliphatic rings. The predicted octanol–water partition coefficient (Wildman–Crippen LogP) is 2.66. The highest BCUT2D eigenvalue weighted by atomic mass is 19.4. The van der Waals surface area contributed by atoms with Crippen molar-refractivity contribution in [3.8, 4) is 5.75 Å². The number of ether oxygens (including phenoxy) is 1. The second kappa shape index (κ2) is 5.07. The highest BCUT2D eigenvalue weighted by molar-refractivity contribution is 5.79. The van der Waals surface area contributed by atoms with Crippen LogP contribution in [0.5, 0.6) is 5.75 Å². The molecule has 0 aliphatic heterocycles. The van der Waals surface area contributed by atoms with Crippen LogP contribution in [0, 0.1) is 11.3 Å². The monoisotopic (exact) mass is 246 g/mol. The zero-order valence-electron chi connectivity index (χ0n) is 9.21. The molecule has 1 unspecified atom stereocenters. The number of alkyl halides is 3. The number of nitrogens with two attached hydrogens (primary N) is 1. The number of hydrogen-bond donors (Lipinski definition) is 2. The van der Waals surface area contributed by atoms with E-state index in [9.17, 15) is 13.2 Å². The first-order valence-corrected chi connectivity index (χ1v) is 4.94. The molecule has 0 radical (unpaired) electrons. The Bertz CT molecular complexity index is 387. The predicted molar refractivity (Wildman–Crippen MR) is 58.0 cm³/mol. The van der Waals surface area contributed by atoms with Crippen molar-refractivity contribution in [2.45, 2.75) is 13.1 Å². The molecule has 3 N–H and O–H groups in total. The molecule has 0 heterocycles. The summed E-state index contributed by atoms with van der Waals surface area (Å²) in [6.07, 6.45) is -4.34. The van der Waals surface area contributed by atoms with E-state index in [1.165, 1.54) is 12.1 Å². The smallest absolute Gasteiger partial charge is 0.416 e. The van der Waals surface area contributed by atoms with Crippen LogP contribution in [-0.2, 0) is 6.18 Å². The Labute approximate surface area is 96.9 Å². The van der Waals surface area contributed by atoms with Crippen LogP contribution in [0.25, 0.3) is 0 Å². The normalized spacial score (nSPS) is 13.2. The molecular formula is C11H13F3N2O. The van der Waals surface area contributed by atoms with Crippen molar-refractivity contribution in [3.05, 3.63) is 29.8 Å². The van der Waals surface area contributed by atoms with Crippen LogP contribution in [0.1, 0.15) is 12.5 Å². The summed E-state index contributed by atoms with van der Waals surface area (Å²) in [6, 6.07) is 4.40. The molecule has 0 aromatic heterocycles. The fourth-order valence-electron chi connectivity index (χ4n) is 1.05. The summed E-state index contributed by atoms with van der Waals surface area (Å²) in [6.45, 7) is 1.87. The van der Waals surface area contributed by atoms with E-state index in [2.05, 4.69) is 0 Å². The minimum atomic E-state index is -4.34. The van der Waals surface area contributed by atoms with Crippen LogP contribution >= 0.6 is 0 Å². The molecule has 0 saturated heterocycles. The Morgan fingerprint density at radius 2 is 1.88 bits per heavy atom. The van der Waals surface area contributed by atoms with Gasteiger partial charge in [0.05, 0.1) is 18.0 Å². The lowest BCUT2D eigenvalue weighted by Gasteiger charge is -2.12. The van der Waals surface area contributed by atoms with Gasteiger partial charge in [-0.2, -0.15) is 13.2 Å². The van der Waals surface area contributed by atoms with Gasteiger partial charge in [-0.3, -0.25) is 5.41 Å². The number of nitrogens with one attached hydrogen (secondary N) is 1. The van der Waals surface area contributed by atoms with Gasteiger partial charge >= 0.3 is 6.18 Å². The van der Waals surface area contributed by atoms with Crippen LogP contribution in [-0.4, -0.2) is 12.4 Å². The zero-order chi connectivity index (χ0) is 13.1. The molecule has 3 nitrogen and oxygen atoms in total. The third kappa shape index (κ3) is 3.97. The maximum atomic E-state index is 12.3. The van der Waals surface area contributed by atoms with Gasteiger partial charge in [-0.1, -0.05) is 6.92 Å². The lowest BCUT2D eigenvalue weighted by molar-refractivity contribution is -0.137. The van der Waals surface area contributed by atoms with Gasteiger partial charge in [-0.25, -0.2) is 0 Å². The maximum absolute atomic E-state index is 12.3. The van der Waals surface area contributed by atoms with E-state index in [4.69, 9.17) is 15.9 Å². The van der Waals surface area contributed by atoms with Gasteiger partial charge in [-0.05, 0) is 24.3 Å². The van der Waals surface area contributed by atoms with Crippen molar-refractivity contribution in [2.24, 2.45) is 11.7 Å². The molecule has 1 rings (SSSR count). The summed E-state index contributed by atoms with van der Waals surface area (Å²) in [5, 5.41) is 7.13. The Hall–Kier alpha value is -1.72. The SMILES string of the molecule is CC(COc1ccc(C(F)(F)F)cc1)C(=N)N. The van der Waals surface area contributed by atoms with Crippen LogP contribution in [0.3, 0.4) is 0 Å². The largest absolute Gasteiger partial charge is 0.493 e. The average molecular weight is 246 g/mol. The molecule has 1 atom stereocenters. The minimum absolute atomic E-state index is 0.0167. The van der Waals surface area contributed by atoms with Crippen LogP contribution in [0.4, 0.5) is 13.2 Å². The van der Waals surface area contributed by atoms with Crippen molar-refractivity contribution in [1.29, 1.82) is 5.41 Å². The van der Waals surface area contributed by atoms with Crippen molar-refractivity contribution < 1.29 is 17.9 Å². The summed E-state index contributed by atoms with van der Waals surface area (Å²) in [5.74, 6) is 0.0419. The van der Waals surface area contributed by atoms with Gasteiger partial charge < -0.3 is 10.5 Å². The molecule has 6 heteroatoms. The molecule has 0 spiro atoms. The Kier molecular flexibility index (Phi) is 3.98. The highest BCUT2D eigenvalue weighted by Gasteiger charge is 2.30. The van der Waals surface area contributed by atoms with Crippen molar-refractivity contribution in [1.82, 2.24) is 0 Å². The average Bonchev–Trinajstić information content (AvgIpc) is 2.25. The number of hydrogen-bond acceptors (Lipinski definition) is 2. The van der Waals surface area contributed by atoms with E-state index in [1.54, 1.807) is 6.92 Å². The molecule has 0 saturated carbocycles. The van der Waals surface area contributed by atoms with Crippen LogP contribution < -0.4 is 10.5 Å². The molecule has 0 fully saturated rings. The molecular weight excluding hydrogens is 233 g/mol. The van der Waals surface area contributed by atoms with Crippen LogP contribution in [0.2, 0.25) is 0 Å². The maximum Gasteiger partial charge on any atom is 0.416 e. The standard InChI is InChI=1S/C11H13F3N2O/c1-7(10(15)16)6-17-9-4-2-8(3-5-9)11(12,13)14/h2-5,7H,6H2,1H3,(H3,15,16). The molecule has 1 aromatic rings. The molecule has 0 aliphatic carbocycles. The first kappa shape index (κ1) is 13.3. The van der Waals surface area contributed by atoms with E-state index in [1.807, 2.05) is 0 Å². The van der Waals surface area contributed by atoms with E-state index in [0.717, 1.165) is 12.1 Å². The van der Waals surface area contributed by atoms with E-state index in [0.29, 0.717) is 5.75 Å². The second-order valence-corrected chi connectivity index (χ2v) is 3.69. The quantitative estimate of drug-likeness (QED) is 0.633. The van der Waals surface area contributed by atoms with Gasteiger partial charge in [0.2, 0.25) is 0 Å². The van der Waals surface area contributed by atoms with Gasteiger partial charge in [0.1, 0.15) is 5.75 Å². The number of halogens is 3. The van der Waals surface area contributed by atoms with Crippen molar-refractivity contribution in [3.63, 3.8) is 0 Å². The summed E-state index contributed by atoms with van der Waals surface area (Å²) >= 11 is 0. The van der Waals surface area contributed by atoms with E-state index >= 15 is 0 Å². The lowest BCUT2D eigenvalue weighted by Crippen LogP contribution is -2.25. The van der Waals surface area contributed by atoms with E-state index in [-0.39, 0.29) is 18.4 Å². The number of rotatable bonds is 4. The minimum Gasteiger partial charge on any atom is -0.493 e.